The van der Waals surface area contributed by atoms with Crippen LogP contribution in [0.1, 0.15) is 15.9 Å². The van der Waals surface area contributed by atoms with Crippen LogP contribution in [0, 0.1) is 11.6 Å². The van der Waals surface area contributed by atoms with Gasteiger partial charge in [0.05, 0.1) is 17.6 Å². The fourth-order valence-electron chi connectivity index (χ4n) is 4.64. The average molecular weight is 613 g/mol. The van der Waals surface area contributed by atoms with E-state index >= 15 is 4.39 Å². The molecule has 1 amide bonds. The summed E-state index contributed by atoms with van der Waals surface area (Å²) in [6, 6.07) is 8.17. The summed E-state index contributed by atoms with van der Waals surface area (Å²) >= 11 is 1.68. The molecule has 3 N–H and O–H groups in total. The number of nitrogens with one attached hydrogen (secondary N) is 3. The highest BCUT2D eigenvalue weighted by Gasteiger charge is 2.33. The molecule has 6 rings (SSSR count). The lowest BCUT2D eigenvalue weighted by Gasteiger charge is -2.29. The maximum absolute atomic E-state index is 15.7. The second kappa shape index (κ2) is 11.5. The summed E-state index contributed by atoms with van der Waals surface area (Å²) in [6.07, 6.45) is -0.577. The van der Waals surface area contributed by atoms with Gasteiger partial charge in [0.2, 0.25) is 0 Å². The number of amides is 1. The number of pyridine rings is 1. The van der Waals surface area contributed by atoms with Gasteiger partial charge in [0.25, 0.3) is 5.91 Å². The molecule has 5 aromatic rings. The number of aromatic amines is 1. The highest BCUT2D eigenvalue weighted by Crippen LogP contribution is 2.36. The third-order valence-electron chi connectivity index (χ3n) is 6.75. The van der Waals surface area contributed by atoms with Crippen LogP contribution in [0.3, 0.4) is 0 Å². The van der Waals surface area contributed by atoms with Gasteiger partial charge in [-0.15, -0.1) is 0 Å². The number of hydrogen-bond acceptors (Lipinski definition) is 8. The molecule has 3 aromatic heterocycles. The van der Waals surface area contributed by atoms with E-state index in [1.54, 1.807) is 28.8 Å². The van der Waals surface area contributed by atoms with Gasteiger partial charge in [-0.25, -0.2) is 28.7 Å². The van der Waals surface area contributed by atoms with Crippen LogP contribution in [0.25, 0.3) is 22.4 Å². The van der Waals surface area contributed by atoms with Gasteiger partial charge in [0.1, 0.15) is 34.9 Å². The highest BCUT2D eigenvalue weighted by atomic mass is 32.2. The van der Waals surface area contributed by atoms with Crippen molar-refractivity contribution in [2.24, 2.45) is 0 Å². The van der Waals surface area contributed by atoms with Crippen molar-refractivity contribution < 1.29 is 26.7 Å². The molecule has 4 heterocycles. The molecular weight excluding hydrogens is 591 g/mol. The topological polar surface area (TPSA) is 112 Å². The van der Waals surface area contributed by atoms with E-state index in [0.717, 1.165) is 29.7 Å². The first-order valence-electron chi connectivity index (χ1n) is 12.9. The molecule has 0 radical (unpaired) electrons. The number of hydrogen-bond donors (Lipinski definition) is 3. The van der Waals surface area contributed by atoms with Crippen LogP contribution in [0.5, 0.6) is 0 Å². The maximum atomic E-state index is 15.7. The van der Waals surface area contributed by atoms with E-state index in [0.29, 0.717) is 41.6 Å². The Morgan fingerprint density at radius 3 is 2.60 bits per heavy atom. The molecular formula is C28H21F5N8OS. The van der Waals surface area contributed by atoms with E-state index in [2.05, 4.69) is 35.6 Å². The molecule has 220 valence electrons. The quantitative estimate of drug-likeness (QED) is 0.193. The third-order valence-corrected chi connectivity index (χ3v) is 7.69. The van der Waals surface area contributed by atoms with Crippen LogP contribution in [-0.4, -0.2) is 55.4 Å². The number of aromatic nitrogens is 5. The number of anilines is 4. The van der Waals surface area contributed by atoms with Crippen molar-refractivity contribution in [1.82, 2.24) is 24.9 Å². The lowest BCUT2D eigenvalue weighted by Crippen LogP contribution is -2.33. The van der Waals surface area contributed by atoms with Crippen molar-refractivity contribution in [3.05, 3.63) is 84.1 Å². The molecule has 43 heavy (non-hydrogen) atoms. The molecule has 1 aliphatic heterocycles. The Kier molecular flexibility index (Phi) is 7.56. The van der Waals surface area contributed by atoms with Crippen molar-refractivity contribution in [1.29, 1.82) is 0 Å². The lowest BCUT2D eigenvalue weighted by molar-refractivity contribution is -0.137. The van der Waals surface area contributed by atoms with Crippen molar-refractivity contribution in [2.45, 2.75) is 6.18 Å². The molecule has 1 fully saturated rings. The SMILES string of the molecule is O=C(Nc1ccc(F)c(Nc2ncccc2-c2ncnc3[nH]cnc23)c1F)c1cc(N2CCSCC2)cc(C(F)(F)F)c1. The van der Waals surface area contributed by atoms with Gasteiger partial charge in [0, 0.05) is 47.6 Å². The first-order valence-corrected chi connectivity index (χ1v) is 14.1. The van der Waals surface area contributed by atoms with E-state index in [4.69, 9.17) is 0 Å². The fraction of sp³-hybridized carbons (Fsp3) is 0.179. The van der Waals surface area contributed by atoms with Gasteiger partial charge in [-0.3, -0.25) is 4.79 Å². The standard InChI is InChI=1S/C28H21F5N8OS/c29-19-3-4-20(39-27(42)15-10-16(28(31,32)33)12-17(11-15)41-6-8-43-9-7-41)21(30)23(19)40-25-18(2-1-5-34-25)22-24-26(37-13-35-22)38-14-36-24/h1-5,10-14H,6-9H2,(H,34,40)(H,39,42)(H,35,36,37,38). The van der Waals surface area contributed by atoms with E-state index < -0.39 is 40.7 Å². The second-order valence-corrected chi connectivity index (χ2v) is 10.7. The minimum atomic E-state index is -4.71. The minimum Gasteiger partial charge on any atom is -0.370 e. The molecule has 0 atom stereocenters. The van der Waals surface area contributed by atoms with Gasteiger partial charge < -0.3 is 20.5 Å². The van der Waals surface area contributed by atoms with Crippen LogP contribution >= 0.6 is 11.8 Å². The number of H-pyrrole nitrogens is 1. The first kappa shape index (κ1) is 28.3. The number of nitrogens with zero attached hydrogens (tertiary/aromatic N) is 5. The summed E-state index contributed by atoms with van der Waals surface area (Å²) in [5, 5.41) is 4.92. The molecule has 9 nitrogen and oxygen atoms in total. The molecule has 0 spiro atoms. The van der Waals surface area contributed by atoms with Crippen LogP contribution in [0.2, 0.25) is 0 Å². The number of halogens is 5. The van der Waals surface area contributed by atoms with Gasteiger partial charge in [0.15, 0.2) is 11.5 Å². The zero-order chi connectivity index (χ0) is 30.1. The number of rotatable bonds is 6. The van der Waals surface area contributed by atoms with Crippen LogP contribution in [0.15, 0.2) is 61.3 Å². The predicted molar refractivity (Wildman–Crippen MR) is 153 cm³/mol. The normalized spacial score (nSPS) is 13.7. The Balaban J connectivity index is 1.32. The Morgan fingerprint density at radius 1 is 1.00 bits per heavy atom. The number of fused-ring (bicyclic) bond motifs is 1. The van der Waals surface area contributed by atoms with Crippen LogP contribution in [-0.2, 0) is 6.18 Å². The summed E-state index contributed by atoms with van der Waals surface area (Å²) in [5.74, 6) is -1.67. The van der Waals surface area contributed by atoms with Gasteiger partial charge in [-0.2, -0.15) is 24.9 Å². The van der Waals surface area contributed by atoms with E-state index in [9.17, 15) is 22.4 Å². The summed E-state index contributed by atoms with van der Waals surface area (Å²) in [5.41, 5.74) is -0.614. The molecule has 1 saturated heterocycles. The van der Waals surface area contributed by atoms with Crippen LogP contribution in [0.4, 0.5) is 44.8 Å². The summed E-state index contributed by atoms with van der Waals surface area (Å²) in [6.45, 7) is 1.04. The highest BCUT2D eigenvalue weighted by molar-refractivity contribution is 7.99. The van der Waals surface area contributed by atoms with E-state index in [-0.39, 0.29) is 17.1 Å². The Bertz CT molecular complexity index is 1820. The van der Waals surface area contributed by atoms with E-state index in [1.807, 2.05) is 0 Å². The Labute approximate surface area is 245 Å². The Morgan fingerprint density at radius 2 is 1.81 bits per heavy atom. The third kappa shape index (κ3) is 5.80. The van der Waals surface area contributed by atoms with E-state index in [1.165, 1.54) is 24.9 Å². The Hall–Kier alpha value is -4.79. The largest absolute Gasteiger partial charge is 0.416 e. The molecule has 0 saturated carbocycles. The van der Waals surface area contributed by atoms with Gasteiger partial charge >= 0.3 is 6.18 Å². The maximum Gasteiger partial charge on any atom is 0.416 e. The van der Waals surface area contributed by atoms with Crippen molar-refractivity contribution in [3.8, 4) is 11.3 Å². The number of alkyl halides is 3. The smallest absolute Gasteiger partial charge is 0.370 e. The lowest BCUT2D eigenvalue weighted by atomic mass is 10.1. The van der Waals surface area contributed by atoms with Crippen molar-refractivity contribution in [3.63, 3.8) is 0 Å². The molecule has 2 aromatic carbocycles. The zero-order valence-electron chi connectivity index (χ0n) is 22.0. The number of imidazole rings is 1. The monoisotopic (exact) mass is 612 g/mol. The molecule has 0 bridgehead atoms. The minimum absolute atomic E-state index is 0.0361. The first-order chi connectivity index (χ1) is 20.7. The fourth-order valence-corrected chi connectivity index (χ4v) is 5.55. The molecule has 15 heteroatoms. The number of thioether (sulfide) groups is 1. The van der Waals surface area contributed by atoms with Crippen molar-refractivity contribution >= 4 is 51.7 Å². The molecule has 1 aliphatic rings. The second-order valence-electron chi connectivity index (χ2n) is 9.45. The number of benzene rings is 2. The van der Waals surface area contributed by atoms with Gasteiger partial charge in [-0.1, -0.05) is 0 Å². The average Bonchev–Trinajstić information content (AvgIpc) is 3.50. The summed E-state index contributed by atoms with van der Waals surface area (Å²) in [7, 11) is 0. The predicted octanol–water partition coefficient (Wildman–Crippen LogP) is 6.26. The molecule has 0 aliphatic carbocycles. The summed E-state index contributed by atoms with van der Waals surface area (Å²) < 4.78 is 71.8. The van der Waals surface area contributed by atoms with Crippen LogP contribution < -0.4 is 15.5 Å². The number of carbonyl (C=O) groups is 1. The molecule has 0 unspecified atom stereocenters. The van der Waals surface area contributed by atoms with Gasteiger partial charge in [-0.05, 0) is 42.5 Å². The summed E-state index contributed by atoms with van der Waals surface area (Å²) in [4.78, 5) is 34.5. The number of carbonyl (C=O) groups excluding carboxylic acids is 1. The van der Waals surface area contributed by atoms with Crippen molar-refractivity contribution in [2.75, 3.05) is 40.1 Å². The zero-order valence-corrected chi connectivity index (χ0v) is 22.9.